The van der Waals surface area contributed by atoms with E-state index in [1.165, 1.54) is 25.7 Å². The monoisotopic (exact) mass is 252 g/mol. The lowest BCUT2D eigenvalue weighted by atomic mass is 9.86. The summed E-state index contributed by atoms with van der Waals surface area (Å²) in [5.41, 5.74) is 0. The zero-order valence-electron chi connectivity index (χ0n) is 11.6. The van der Waals surface area contributed by atoms with Crippen LogP contribution < -0.4 is 10.6 Å². The normalized spacial score (nSPS) is 24.4. The van der Waals surface area contributed by atoms with E-state index in [4.69, 9.17) is 4.42 Å². The molecule has 0 aromatic carbocycles. The molecule has 0 bridgehead atoms. The highest BCUT2D eigenvalue weighted by Crippen LogP contribution is 2.26. The molecule has 2 rings (SSSR count). The fourth-order valence-electron chi connectivity index (χ4n) is 2.36. The third-order valence-corrected chi connectivity index (χ3v) is 3.55. The lowest BCUT2D eigenvalue weighted by Crippen LogP contribution is -2.30. The number of aromatic nitrogens is 2. The molecule has 1 heterocycles. The van der Waals surface area contributed by atoms with Crippen LogP contribution in [-0.2, 0) is 6.54 Å². The molecule has 2 atom stereocenters. The molecule has 1 saturated carbocycles. The van der Waals surface area contributed by atoms with Gasteiger partial charge in [0, 0.05) is 12.1 Å². The number of hydrogen-bond acceptors (Lipinski definition) is 5. The summed E-state index contributed by atoms with van der Waals surface area (Å²) in [6.07, 6.45) is 5.11. The highest BCUT2D eigenvalue weighted by atomic mass is 16.4. The minimum Gasteiger partial charge on any atom is -0.407 e. The fourth-order valence-corrected chi connectivity index (χ4v) is 2.36. The number of rotatable bonds is 5. The zero-order chi connectivity index (χ0) is 13.0. The predicted molar refractivity (Wildman–Crippen MR) is 71.3 cm³/mol. The third kappa shape index (κ3) is 3.70. The van der Waals surface area contributed by atoms with Crippen molar-refractivity contribution in [2.75, 3.05) is 5.32 Å². The molecule has 0 aliphatic heterocycles. The van der Waals surface area contributed by atoms with Crippen molar-refractivity contribution in [3.8, 4) is 0 Å². The Morgan fingerprint density at radius 3 is 2.78 bits per heavy atom. The number of anilines is 1. The van der Waals surface area contributed by atoms with Crippen LogP contribution in [0.2, 0.25) is 0 Å². The van der Waals surface area contributed by atoms with Crippen molar-refractivity contribution in [2.45, 2.75) is 65.1 Å². The van der Waals surface area contributed by atoms with Gasteiger partial charge in [0.05, 0.1) is 6.54 Å². The van der Waals surface area contributed by atoms with Crippen molar-refractivity contribution in [3.63, 3.8) is 0 Å². The minimum absolute atomic E-state index is 0.423. The van der Waals surface area contributed by atoms with Gasteiger partial charge in [-0.25, -0.2) is 0 Å². The molecular formula is C13H24N4O. The Morgan fingerprint density at radius 1 is 1.28 bits per heavy atom. The van der Waals surface area contributed by atoms with E-state index in [9.17, 15) is 0 Å². The Balaban J connectivity index is 1.85. The summed E-state index contributed by atoms with van der Waals surface area (Å²) in [6.45, 7) is 7.11. The van der Waals surface area contributed by atoms with Gasteiger partial charge in [-0.3, -0.25) is 0 Å². The van der Waals surface area contributed by atoms with Crippen molar-refractivity contribution >= 4 is 6.01 Å². The van der Waals surface area contributed by atoms with Gasteiger partial charge in [-0.1, -0.05) is 38.7 Å². The number of nitrogens with one attached hydrogen (secondary N) is 2. The van der Waals surface area contributed by atoms with Crippen molar-refractivity contribution in [3.05, 3.63) is 5.89 Å². The maximum Gasteiger partial charge on any atom is 0.315 e. The Kier molecular flexibility index (Phi) is 4.58. The van der Waals surface area contributed by atoms with Crippen molar-refractivity contribution < 1.29 is 4.42 Å². The van der Waals surface area contributed by atoms with Crippen LogP contribution in [0.5, 0.6) is 0 Å². The smallest absolute Gasteiger partial charge is 0.315 e. The molecule has 102 valence electrons. The average molecular weight is 252 g/mol. The summed E-state index contributed by atoms with van der Waals surface area (Å²) in [5, 5.41) is 14.7. The summed E-state index contributed by atoms with van der Waals surface area (Å²) >= 11 is 0. The molecule has 1 aromatic rings. The Bertz CT molecular complexity index is 364. The molecule has 0 amide bonds. The molecule has 18 heavy (non-hydrogen) atoms. The maximum absolute atomic E-state index is 5.59. The average Bonchev–Trinajstić information content (AvgIpc) is 2.77. The first-order valence-electron chi connectivity index (χ1n) is 6.97. The first kappa shape index (κ1) is 13.3. The second kappa shape index (κ2) is 6.18. The second-order valence-corrected chi connectivity index (χ2v) is 5.55. The first-order valence-corrected chi connectivity index (χ1v) is 6.97. The molecule has 0 saturated heterocycles. The lowest BCUT2D eigenvalue weighted by Gasteiger charge is -2.28. The highest BCUT2D eigenvalue weighted by Gasteiger charge is 2.22. The lowest BCUT2D eigenvalue weighted by molar-refractivity contribution is 0.341. The van der Waals surface area contributed by atoms with E-state index in [0.29, 0.717) is 36.5 Å². The molecule has 5 heteroatoms. The Hall–Kier alpha value is -1.10. The number of hydrogen-bond donors (Lipinski definition) is 2. The van der Waals surface area contributed by atoms with E-state index in [2.05, 4.69) is 41.6 Å². The predicted octanol–water partition coefficient (Wildman–Crippen LogP) is 2.56. The molecule has 1 aliphatic carbocycles. The van der Waals surface area contributed by atoms with Crippen LogP contribution in [0.4, 0.5) is 6.01 Å². The molecule has 2 N–H and O–H groups in total. The van der Waals surface area contributed by atoms with E-state index in [1.807, 2.05) is 0 Å². The fraction of sp³-hybridized carbons (Fsp3) is 0.846. The third-order valence-electron chi connectivity index (χ3n) is 3.55. The van der Waals surface area contributed by atoms with Crippen LogP contribution in [0.25, 0.3) is 0 Å². The summed E-state index contributed by atoms with van der Waals surface area (Å²) < 4.78 is 5.59. The summed E-state index contributed by atoms with van der Waals surface area (Å²) in [7, 11) is 0. The van der Waals surface area contributed by atoms with Crippen LogP contribution in [-0.4, -0.2) is 22.3 Å². The van der Waals surface area contributed by atoms with Crippen molar-refractivity contribution in [1.82, 2.24) is 15.5 Å². The minimum atomic E-state index is 0.423. The van der Waals surface area contributed by atoms with Gasteiger partial charge in [0.2, 0.25) is 5.89 Å². The molecular weight excluding hydrogens is 228 g/mol. The molecule has 1 aliphatic rings. The Labute approximate surface area is 109 Å². The van der Waals surface area contributed by atoms with Gasteiger partial charge in [0.1, 0.15) is 0 Å². The Morgan fingerprint density at radius 2 is 2.06 bits per heavy atom. The molecule has 1 fully saturated rings. The van der Waals surface area contributed by atoms with Crippen LogP contribution in [0.3, 0.4) is 0 Å². The SMILES string of the molecule is CC(C)NCc1nnc(NC2CCCCC2C)o1. The van der Waals surface area contributed by atoms with Crippen LogP contribution >= 0.6 is 0 Å². The van der Waals surface area contributed by atoms with Crippen molar-refractivity contribution in [1.29, 1.82) is 0 Å². The van der Waals surface area contributed by atoms with Gasteiger partial charge < -0.3 is 15.1 Å². The van der Waals surface area contributed by atoms with Crippen molar-refractivity contribution in [2.24, 2.45) is 5.92 Å². The molecule has 5 nitrogen and oxygen atoms in total. The van der Waals surface area contributed by atoms with E-state index in [-0.39, 0.29) is 0 Å². The summed E-state index contributed by atoms with van der Waals surface area (Å²) in [4.78, 5) is 0. The standard InChI is InChI=1S/C13H24N4O/c1-9(2)14-8-12-16-17-13(18-12)15-11-7-5-4-6-10(11)3/h9-11,14H,4-8H2,1-3H3,(H,15,17). The quantitative estimate of drug-likeness (QED) is 0.843. The second-order valence-electron chi connectivity index (χ2n) is 5.55. The zero-order valence-corrected chi connectivity index (χ0v) is 11.6. The van der Waals surface area contributed by atoms with Gasteiger partial charge in [-0.2, -0.15) is 0 Å². The van der Waals surface area contributed by atoms with Crippen LogP contribution in [0, 0.1) is 5.92 Å². The first-order chi connectivity index (χ1) is 8.65. The molecule has 2 unspecified atom stereocenters. The van der Waals surface area contributed by atoms with Gasteiger partial charge in [0.15, 0.2) is 0 Å². The highest BCUT2D eigenvalue weighted by molar-refractivity contribution is 5.20. The topological polar surface area (TPSA) is 63.0 Å². The van der Waals surface area contributed by atoms with Crippen LogP contribution in [0.15, 0.2) is 4.42 Å². The number of nitrogens with zero attached hydrogens (tertiary/aromatic N) is 2. The summed E-state index contributed by atoms with van der Waals surface area (Å²) in [5.74, 6) is 1.33. The van der Waals surface area contributed by atoms with E-state index < -0.39 is 0 Å². The van der Waals surface area contributed by atoms with E-state index in [1.54, 1.807) is 0 Å². The molecule has 0 spiro atoms. The molecule has 1 aromatic heterocycles. The van der Waals surface area contributed by atoms with Gasteiger partial charge in [0.25, 0.3) is 0 Å². The van der Waals surface area contributed by atoms with Gasteiger partial charge in [-0.15, -0.1) is 5.10 Å². The largest absolute Gasteiger partial charge is 0.407 e. The molecule has 0 radical (unpaired) electrons. The van der Waals surface area contributed by atoms with E-state index >= 15 is 0 Å². The van der Waals surface area contributed by atoms with Crippen LogP contribution in [0.1, 0.15) is 52.3 Å². The summed E-state index contributed by atoms with van der Waals surface area (Å²) in [6, 6.07) is 1.46. The van der Waals surface area contributed by atoms with E-state index in [0.717, 1.165) is 0 Å². The maximum atomic E-state index is 5.59. The van der Waals surface area contributed by atoms with Gasteiger partial charge in [-0.05, 0) is 18.8 Å². The van der Waals surface area contributed by atoms with Gasteiger partial charge >= 0.3 is 6.01 Å².